The highest BCUT2D eigenvalue weighted by molar-refractivity contribution is 5.42. The summed E-state index contributed by atoms with van der Waals surface area (Å²) in [5.41, 5.74) is 0.369. The van der Waals surface area contributed by atoms with Crippen molar-refractivity contribution in [2.24, 2.45) is 0 Å². The van der Waals surface area contributed by atoms with E-state index in [1.807, 2.05) is 0 Å². The van der Waals surface area contributed by atoms with Crippen molar-refractivity contribution in [2.75, 3.05) is 6.61 Å². The molecule has 0 saturated heterocycles. The van der Waals surface area contributed by atoms with E-state index in [0.717, 1.165) is 0 Å². The first kappa shape index (κ1) is 13.7. The lowest BCUT2D eigenvalue weighted by atomic mass is 10.0. The average Bonchev–Trinajstić information content (AvgIpc) is 2.18. The second kappa shape index (κ2) is 5.29. The summed E-state index contributed by atoms with van der Waals surface area (Å²) in [6.07, 6.45) is -4.70. The van der Waals surface area contributed by atoms with Crippen molar-refractivity contribution in [3.05, 3.63) is 30.7 Å². The van der Waals surface area contributed by atoms with Crippen LogP contribution in [-0.2, 0) is 0 Å². The van der Waals surface area contributed by atoms with Gasteiger partial charge >= 0.3 is 6.36 Å². The molecule has 0 saturated carbocycles. The van der Waals surface area contributed by atoms with Crippen LogP contribution in [0.25, 0.3) is 0 Å². The Morgan fingerprint density at radius 2 is 2.00 bits per heavy atom. The summed E-state index contributed by atoms with van der Waals surface area (Å²) >= 11 is 0. The molecule has 1 unspecified atom stereocenters. The fourth-order valence-corrected chi connectivity index (χ4v) is 1.39. The zero-order valence-electron chi connectivity index (χ0n) is 9.67. The molecule has 0 aromatic heterocycles. The number of hydrogen-bond donors (Lipinski definition) is 0. The summed E-state index contributed by atoms with van der Waals surface area (Å²) < 4.78 is 45.6. The molecular formula is C12H14F3O2. The Bertz CT molecular complexity index is 373. The summed E-state index contributed by atoms with van der Waals surface area (Å²) in [5.74, 6) is -0.0521. The van der Waals surface area contributed by atoms with Gasteiger partial charge in [-0.15, -0.1) is 13.2 Å². The number of alkyl halides is 3. The predicted octanol–water partition coefficient (Wildman–Crippen LogP) is 3.92. The Morgan fingerprint density at radius 3 is 2.47 bits per heavy atom. The second-order valence-electron chi connectivity index (χ2n) is 3.58. The van der Waals surface area contributed by atoms with Crippen LogP contribution in [0.3, 0.4) is 0 Å². The Hall–Kier alpha value is -1.39. The molecular weight excluding hydrogens is 233 g/mol. The number of halogens is 3. The first-order valence-electron chi connectivity index (χ1n) is 5.19. The summed E-state index contributed by atoms with van der Waals surface area (Å²) in [6, 6.07) is 4.20. The minimum atomic E-state index is -4.70. The third-order valence-corrected chi connectivity index (χ3v) is 2.05. The van der Waals surface area contributed by atoms with Crippen molar-refractivity contribution in [3.63, 3.8) is 0 Å². The standard InChI is InChI=1S/C12H14F3O2/c1-4-16-9-5-6-11(17-12(13,14)15)10(7-9)8(2)3/h5-8H,2,4H2,1,3H3. The van der Waals surface area contributed by atoms with Gasteiger partial charge in [0.15, 0.2) is 0 Å². The number of benzene rings is 1. The number of hydrogen-bond acceptors (Lipinski definition) is 2. The van der Waals surface area contributed by atoms with E-state index in [0.29, 0.717) is 17.9 Å². The molecule has 0 amide bonds. The largest absolute Gasteiger partial charge is 0.573 e. The van der Waals surface area contributed by atoms with Gasteiger partial charge in [-0.2, -0.15) is 0 Å². The smallest absolute Gasteiger partial charge is 0.494 e. The maximum Gasteiger partial charge on any atom is 0.573 e. The van der Waals surface area contributed by atoms with Gasteiger partial charge in [-0.25, -0.2) is 0 Å². The molecule has 1 aromatic carbocycles. The third kappa shape index (κ3) is 4.17. The molecule has 0 aliphatic heterocycles. The molecule has 0 bridgehead atoms. The van der Waals surface area contributed by atoms with E-state index < -0.39 is 6.36 Å². The monoisotopic (exact) mass is 247 g/mol. The molecule has 1 rings (SSSR count). The van der Waals surface area contributed by atoms with E-state index in [1.54, 1.807) is 13.8 Å². The number of rotatable bonds is 4. The lowest BCUT2D eigenvalue weighted by molar-refractivity contribution is -0.274. The third-order valence-electron chi connectivity index (χ3n) is 2.05. The fourth-order valence-electron chi connectivity index (χ4n) is 1.39. The van der Waals surface area contributed by atoms with E-state index in [9.17, 15) is 13.2 Å². The van der Waals surface area contributed by atoms with Gasteiger partial charge in [-0.3, -0.25) is 0 Å². The first-order chi connectivity index (χ1) is 7.83. The van der Waals surface area contributed by atoms with Crippen molar-refractivity contribution < 1.29 is 22.6 Å². The van der Waals surface area contributed by atoms with Crippen molar-refractivity contribution >= 4 is 0 Å². The lowest BCUT2D eigenvalue weighted by Gasteiger charge is -2.16. The van der Waals surface area contributed by atoms with Crippen LogP contribution in [0, 0.1) is 6.92 Å². The van der Waals surface area contributed by atoms with Gasteiger partial charge < -0.3 is 9.47 Å². The van der Waals surface area contributed by atoms with E-state index in [1.165, 1.54) is 18.2 Å². The molecule has 1 aromatic rings. The quantitative estimate of drug-likeness (QED) is 0.802. The Morgan fingerprint density at radius 1 is 1.35 bits per heavy atom. The topological polar surface area (TPSA) is 18.5 Å². The van der Waals surface area contributed by atoms with Crippen LogP contribution in [0.5, 0.6) is 11.5 Å². The number of ether oxygens (including phenoxy) is 2. The summed E-state index contributed by atoms with van der Waals surface area (Å²) in [4.78, 5) is 0. The lowest BCUT2D eigenvalue weighted by Crippen LogP contribution is -2.18. The fraction of sp³-hybridized carbons (Fsp3) is 0.417. The molecule has 2 nitrogen and oxygen atoms in total. The molecule has 5 heteroatoms. The molecule has 1 radical (unpaired) electrons. The van der Waals surface area contributed by atoms with Gasteiger partial charge in [0.25, 0.3) is 0 Å². The molecule has 0 aliphatic rings. The molecule has 0 fully saturated rings. The Labute approximate surface area is 98.3 Å². The van der Waals surface area contributed by atoms with Gasteiger partial charge in [0.05, 0.1) is 6.61 Å². The Kier molecular flexibility index (Phi) is 4.26. The maximum atomic E-state index is 12.2. The van der Waals surface area contributed by atoms with E-state index >= 15 is 0 Å². The molecule has 17 heavy (non-hydrogen) atoms. The zero-order valence-corrected chi connectivity index (χ0v) is 9.67. The first-order valence-corrected chi connectivity index (χ1v) is 5.19. The van der Waals surface area contributed by atoms with Crippen LogP contribution in [-0.4, -0.2) is 13.0 Å². The Balaban J connectivity index is 3.04. The normalized spacial score (nSPS) is 11.7. The van der Waals surface area contributed by atoms with E-state index in [4.69, 9.17) is 4.74 Å². The van der Waals surface area contributed by atoms with Crippen LogP contribution in [0.4, 0.5) is 13.2 Å². The minimum absolute atomic E-state index is 0.233. The molecule has 0 heterocycles. The van der Waals surface area contributed by atoms with Crippen molar-refractivity contribution in [1.82, 2.24) is 0 Å². The summed E-state index contributed by atoms with van der Waals surface area (Å²) in [7, 11) is 0. The molecule has 0 N–H and O–H groups in total. The van der Waals surface area contributed by atoms with Gasteiger partial charge in [-0.05, 0) is 38.0 Å². The second-order valence-corrected chi connectivity index (χ2v) is 3.58. The average molecular weight is 247 g/mol. The SMILES string of the molecule is [CH2]C(C)c1cc(OCC)ccc1OC(F)(F)F. The van der Waals surface area contributed by atoms with Crippen LogP contribution >= 0.6 is 0 Å². The van der Waals surface area contributed by atoms with Gasteiger partial charge in [-0.1, -0.05) is 6.92 Å². The zero-order chi connectivity index (χ0) is 13.1. The van der Waals surface area contributed by atoms with Gasteiger partial charge in [0, 0.05) is 5.56 Å². The molecule has 0 spiro atoms. The predicted molar refractivity (Wildman–Crippen MR) is 58.1 cm³/mol. The minimum Gasteiger partial charge on any atom is -0.494 e. The van der Waals surface area contributed by atoms with Crippen LogP contribution in [0.2, 0.25) is 0 Å². The van der Waals surface area contributed by atoms with E-state index in [-0.39, 0.29) is 11.7 Å². The molecule has 0 aliphatic carbocycles. The maximum absolute atomic E-state index is 12.2. The van der Waals surface area contributed by atoms with Crippen LogP contribution in [0.1, 0.15) is 25.3 Å². The molecule has 1 atom stereocenters. The highest BCUT2D eigenvalue weighted by Gasteiger charge is 2.32. The van der Waals surface area contributed by atoms with Gasteiger partial charge in [0.1, 0.15) is 11.5 Å². The van der Waals surface area contributed by atoms with Crippen molar-refractivity contribution in [2.45, 2.75) is 26.1 Å². The molecule has 95 valence electrons. The van der Waals surface area contributed by atoms with Crippen molar-refractivity contribution in [1.29, 1.82) is 0 Å². The van der Waals surface area contributed by atoms with Crippen LogP contribution < -0.4 is 9.47 Å². The van der Waals surface area contributed by atoms with Crippen molar-refractivity contribution in [3.8, 4) is 11.5 Å². The highest BCUT2D eigenvalue weighted by atomic mass is 19.4. The van der Waals surface area contributed by atoms with Gasteiger partial charge in [0.2, 0.25) is 0 Å². The van der Waals surface area contributed by atoms with Crippen LogP contribution in [0.15, 0.2) is 18.2 Å². The highest BCUT2D eigenvalue weighted by Crippen LogP contribution is 2.33. The summed E-state index contributed by atoms with van der Waals surface area (Å²) in [6.45, 7) is 7.63. The summed E-state index contributed by atoms with van der Waals surface area (Å²) in [5, 5.41) is 0. The van der Waals surface area contributed by atoms with E-state index in [2.05, 4.69) is 11.7 Å².